The van der Waals surface area contributed by atoms with Crippen LogP contribution in [0.5, 0.6) is 0 Å². The van der Waals surface area contributed by atoms with Gasteiger partial charge < -0.3 is 4.90 Å². The van der Waals surface area contributed by atoms with Crippen molar-refractivity contribution >= 4 is 60.8 Å². The number of fused-ring (bicyclic) bond motifs is 2. The van der Waals surface area contributed by atoms with Gasteiger partial charge >= 0.3 is 0 Å². The molecule has 0 aliphatic carbocycles. The maximum Gasteiger partial charge on any atom is 0.285 e. The predicted octanol–water partition coefficient (Wildman–Crippen LogP) is 4.53. The lowest BCUT2D eigenvalue weighted by Crippen LogP contribution is -2.47. The van der Waals surface area contributed by atoms with E-state index in [1.54, 1.807) is 11.5 Å². The monoisotopic (exact) mass is 562 g/mol. The summed E-state index contributed by atoms with van der Waals surface area (Å²) >= 11 is 8.34. The fourth-order valence-electron chi connectivity index (χ4n) is 5.26. The summed E-state index contributed by atoms with van der Waals surface area (Å²) in [6.07, 6.45) is 1.83. The highest BCUT2D eigenvalue weighted by Crippen LogP contribution is 2.46. The fraction of sp³-hybridized carbons (Fsp3) is 0.462. The second-order valence-corrected chi connectivity index (χ2v) is 13.2. The molecule has 1 amide bonds. The smallest absolute Gasteiger partial charge is 0.285 e. The summed E-state index contributed by atoms with van der Waals surface area (Å²) in [5, 5.41) is 2.66. The average Bonchev–Trinajstić information content (AvgIpc) is 3.26. The molecule has 2 aliphatic heterocycles. The number of halogens is 1. The number of rotatable bonds is 6. The quantitative estimate of drug-likeness (QED) is 0.436. The summed E-state index contributed by atoms with van der Waals surface area (Å²) in [7, 11) is -3.89. The highest BCUT2D eigenvalue weighted by molar-refractivity contribution is 7.86. The largest absolute Gasteiger partial charge is 0.353 e. The molecule has 0 unspecified atom stereocenters. The van der Waals surface area contributed by atoms with Crippen LogP contribution in [-0.2, 0) is 31.0 Å². The van der Waals surface area contributed by atoms with Crippen LogP contribution in [0.3, 0.4) is 0 Å². The van der Waals surface area contributed by atoms with Gasteiger partial charge in [-0.15, -0.1) is 4.28 Å². The molecule has 0 bridgehead atoms. The highest BCUT2D eigenvalue weighted by atomic mass is 35.5. The van der Waals surface area contributed by atoms with Crippen molar-refractivity contribution in [2.24, 2.45) is 0 Å². The molecule has 3 aromatic rings. The molecule has 0 saturated carbocycles. The number of hydrogen-bond donors (Lipinski definition) is 0. The lowest BCUT2D eigenvalue weighted by atomic mass is 9.76. The lowest BCUT2D eigenvalue weighted by Gasteiger charge is -2.39. The van der Waals surface area contributed by atoms with E-state index < -0.39 is 21.4 Å². The van der Waals surface area contributed by atoms with Gasteiger partial charge in [0, 0.05) is 55.0 Å². The van der Waals surface area contributed by atoms with Crippen molar-refractivity contribution in [2.45, 2.75) is 39.0 Å². The van der Waals surface area contributed by atoms with Crippen LogP contribution >= 0.6 is 23.1 Å². The van der Waals surface area contributed by atoms with Crippen molar-refractivity contribution in [2.75, 3.05) is 48.9 Å². The molecular weight excluding hydrogens is 532 g/mol. The van der Waals surface area contributed by atoms with E-state index in [-0.39, 0.29) is 6.42 Å². The zero-order chi connectivity index (χ0) is 26.5. The minimum atomic E-state index is -3.89. The first-order valence-electron chi connectivity index (χ1n) is 12.3. The number of hydrogen-bond acceptors (Lipinski definition) is 8. The fourth-order valence-corrected chi connectivity index (χ4v) is 6.72. The summed E-state index contributed by atoms with van der Waals surface area (Å²) < 4.78 is 34.7. The number of nitrogens with zero attached hydrogens (tertiary/aromatic N) is 4. The first-order valence-corrected chi connectivity index (χ1v) is 15.3. The van der Waals surface area contributed by atoms with E-state index in [1.165, 1.54) is 10.1 Å². The highest BCUT2D eigenvalue weighted by Gasteiger charge is 2.41. The molecule has 1 saturated heterocycles. The number of aromatic nitrogens is 1. The summed E-state index contributed by atoms with van der Waals surface area (Å²) in [6.45, 7) is 10.3. The van der Waals surface area contributed by atoms with Crippen LogP contribution in [0.15, 0.2) is 30.3 Å². The normalized spacial score (nSPS) is 18.5. The van der Waals surface area contributed by atoms with Crippen LogP contribution in [0.1, 0.15) is 37.0 Å². The van der Waals surface area contributed by atoms with Crippen molar-refractivity contribution in [3.63, 3.8) is 0 Å². The molecule has 5 rings (SSSR count). The lowest BCUT2D eigenvalue weighted by molar-refractivity contribution is -0.124. The Hall–Kier alpha value is -2.24. The van der Waals surface area contributed by atoms with Crippen LogP contribution < -0.4 is 9.96 Å². The maximum atomic E-state index is 12.8. The summed E-state index contributed by atoms with van der Waals surface area (Å²) in [4.78, 5) is 17.6. The summed E-state index contributed by atoms with van der Waals surface area (Å²) in [5.74, 6) is 0.673. The number of hydroxylamine groups is 1. The Morgan fingerprint density at radius 3 is 2.57 bits per heavy atom. The molecule has 11 heteroatoms. The molecule has 0 radical (unpaired) electrons. The van der Waals surface area contributed by atoms with Gasteiger partial charge in [0.25, 0.3) is 16.0 Å². The van der Waals surface area contributed by atoms with Crippen molar-refractivity contribution in [1.29, 1.82) is 0 Å². The maximum absolute atomic E-state index is 12.8. The van der Waals surface area contributed by atoms with Crippen molar-refractivity contribution in [3.8, 4) is 0 Å². The van der Waals surface area contributed by atoms with Gasteiger partial charge in [0.15, 0.2) is 0 Å². The van der Waals surface area contributed by atoms with E-state index in [9.17, 15) is 13.2 Å². The predicted molar refractivity (Wildman–Crippen MR) is 149 cm³/mol. The molecular formula is C26H31ClN4O4S2. The minimum Gasteiger partial charge on any atom is -0.353 e. The van der Waals surface area contributed by atoms with Crippen molar-refractivity contribution in [1.82, 2.24) is 9.27 Å². The molecule has 37 heavy (non-hydrogen) atoms. The number of carbonyl (C=O) groups excluding carboxylic acids is 1. The Kier molecular flexibility index (Phi) is 6.99. The van der Waals surface area contributed by atoms with E-state index in [0.717, 1.165) is 67.4 Å². The van der Waals surface area contributed by atoms with Gasteiger partial charge in [0.2, 0.25) is 0 Å². The molecule has 8 nitrogen and oxygen atoms in total. The van der Waals surface area contributed by atoms with Gasteiger partial charge in [-0.2, -0.15) is 17.9 Å². The number of carbonyl (C=O) groups is 1. The third-order valence-electron chi connectivity index (χ3n) is 7.23. The first-order chi connectivity index (χ1) is 17.4. The molecule has 1 aromatic heterocycles. The Labute approximate surface area is 227 Å². The Morgan fingerprint density at radius 2 is 1.86 bits per heavy atom. The van der Waals surface area contributed by atoms with E-state index in [0.29, 0.717) is 16.3 Å². The second-order valence-electron chi connectivity index (χ2n) is 10.5. The molecule has 2 aromatic carbocycles. The molecule has 0 atom stereocenters. The van der Waals surface area contributed by atoms with Crippen LogP contribution in [-0.4, -0.2) is 62.6 Å². The summed E-state index contributed by atoms with van der Waals surface area (Å²) in [6, 6.07) is 10.4. The Balaban J connectivity index is 1.32. The van der Waals surface area contributed by atoms with Gasteiger partial charge in [-0.25, -0.2) is 0 Å². The zero-order valence-corrected chi connectivity index (χ0v) is 23.8. The SMILES string of the molecule is Cc1c(Cl)c(CCN2CCN(c3nsc4ccccc34)CC2)cc2c1N(OS(C)(=O)=O)C(=O)CC2(C)C. The van der Waals surface area contributed by atoms with Crippen LogP contribution in [0.4, 0.5) is 11.5 Å². The molecule has 198 valence electrons. The van der Waals surface area contributed by atoms with Gasteiger partial charge in [-0.3, -0.25) is 9.69 Å². The van der Waals surface area contributed by atoms with E-state index in [4.69, 9.17) is 20.3 Å². The van der Waals surface area contributed by atoms with E-state index in [1.807, 2.05) is 32.9 Å². The Morgan fingerprint density at radius 1 is 1.16 bits per heavy atom. The molecule has 1 fully saturated rings. The third kappa shape index (κ3) is 5.22. The number of piperazine rings is 1. The van der Waals surface area contributed by atoms with Gasteiger partial charge in [0.1, 0.15) is 5.82 Å². The molecule has 3 heterocycles. The zero-order valence-electron chi connectivity index (χ0n) is 21.5. The van der Waals surface area contributed by atoms with Crippen LogP contribution in [0.25, 0.3) is 10.1 Å². The third-order valence-corrected chi connectivity index (χ3v) is 8.99. The van der Waals surface area contributed by atoms with Gasteiger partial charge in [-0.05, 0) is 53.7 Å². The Bertz CT molecular complexity index is 1460. The van der Waals surface area contributed by atoms with Crippen molar-refractivity contribution in [3.05, 3.63) is 52.0 Å². The van der Waals surface area contributed by atoms with Crippen LogP contribution in [0.2, 0.25) is 5.02 Å². The molecule has 2 aliphatic rings. The first kappa shape index (κ1) is 26.4. The summed E-state index contributed by atoms with van der Waals surface area (Å²) in [5.41, 5.74) is 2.47. The van der Waals surface area contributed by atoms with Gasteiger partial charge in [-0.1, -0.05) is 43.6 Å². The van der Waals surface area contributed by atoms with E-state index >= 15 is 0 Å². The number of benzene rings is 2. The number of anilines is 2. The molecule has 0 spiro atoms. The van der Waals surface area contributed by atoms with Gasteiger partial charge in [0.05, 0.1) is 16.6 Å². The minimum absolute atomic E-state index is 0.142. The topological polar surface area (TPSA) is 83.0 Å². The number of amides is 1. The average molecular weight is 563 g/mol. The standard InChI is InChI=1S/C26H31ClN4O4S2/c1-17-23(27)18(15-20-24(17)31(35-37(4,33)34)22(32)16-26(20,2)3)9-10-29-11-13-30(14-12-29)25-19-7-5-6-8-21(19)36-28-25/h5-8,15H,9-14,16H2,1-4H3. The molecule has 0 N–H and O–H groups in total. The van der Waals surface area contributed by atoms with Crippen molar-refractivity contribution < 1.29 is 17.5 Å². The van der Waals surface area contributed by atoms with E-state index in [2.05, 4.69) is 28.0 Å². The second kappa shape index (κ2) is 9.81. The van der Waals surface area contributed by atoms with Crippen LogP contribution in [0, 0.1) is 6.92 Å².